The lowest BCUT2D eigenvalue weighted by Crippen LogP contribution is -2.23. The number of amides is 1. The third-order valence-electron chi connectivity index (χ3n) is 7.04. The Bertz CT molecular complexity index is 1210. The minimum Gasteiger partial charge on any atom is -0.484 e. The first kappa shape index (κ1) is 23.3. The number of benzene rings is 1. The molecule has 1 amide bonds. The molecule has 12 heteroatoms. The number of anilines is 2. The van der Waals surface area contributed by atoms with Crippen LogP contribution < -0.4 is 15.0 Å². The number of rotatable bonds is 6. The highest BCUT2D eigenvalue weighted by molar-refractivity contribution is 6.03. The van der Waals surface area contributed by atoms with Crippen LogP contribution in [-0.4, -0.2) is 49.0 Å². The van der Waals surface area contributed by atoms with Gasteiger partial charge in [0, 0.05) is 55.8 Å². The molecule has 3 heterocycles. The Morgan fingerprint density at radius 3 is 2.67 bits per heavy atom. The van der Waals surface area contributed by atoms with Crippen LogP contribution >= 0.6 is 0 Å². The lowest BCUT2D eigenvalue weighted by molar-refractivity contribution is -0.130. The number of hydrogen-bond donors (Lipinski definition) is 1. The number of aromatic nitrogens is 1. The number of nitrogens with zero attached hydrogens (tertiary/aromatic N) is 2. The summed E-state index contributed by atoms with van der Waals surface area (Å²) in [4.78, 5) is 18.5. The van der Waals surface area contributed by atoms with Gasteiger partial charge in [-0.15, -0.1) is 0 Å². The summed E-state index contributed by atoms with van der Waals surface area (Å²) >= 11 is 0. The highest BCUT2D eigenvalue weighted by Gasteiger charge is 2.41. The van der Waals surface area contributed by atoms with Gasteiger partial charge in [0.1, 0.15) is 18.3 Å². The second-order valence-electron chi connectivity index (χ2n) is 9.67. The summed E-state index contributed by atoms with van der Waals surface area (Å²) in [6.07, 6.45) is -2.40. The van der Waals surface area contributed by atoms with E-state index in [2.05, 4.69) is 16.4 Å². The van der Waals surface area contributed by atoms with Crippen molar-refractivity contribution in [1.82, 2.24) is 4.98 Å². The number of nitrogens with one attached hydrogen (secondary N) is 1. The number of allylic oxidation sites excluding steroid dienone is 1. The molecule has 2 aromatic rings. The SMILES string of the molecule is O=C(Nc1cc(F)c(OC2CC3=CC3C2)c(F)c1)c1nc(N2CC3CCOC3C2)oc1CC(F)(F)F. The molecule has 2 aliphatic heterocycles. The quantitative estimate of drug-likeness (QED) is 0.450. The number of ether oxygens (including phenoxy) is 2. The Kier molecular flexibility index (Phi) is 5.47. The average molecular weight is 511 g/mol. The summed E-state index contributed by atoms with van der Waals surface area (Å²) in [6, 6.07) is 1.59. The molecule has 0 radical (unpaired) electrons. The van der Waals surface area contributed by atoms with Crippen LogP contribution in [0.3, 0.4) is 0 Å². The Morgan fingerprint density at radius 1 is 1.22 bits per heavy atom. The van der Waals surface area contributed by atoms with E-state index in [9.17, 15) is 26.7 Å². The number of oxazole rings is 1. The van der Waals surface area contributed by atoms with Gasteiger partial charge in [-0.2, -0.15) is 18.2 Å². The van der Waals surface area contributed by atoms with Gasteiger partial charge in [-0.1, -0.05) is 11.6 Å². The van der Waals surface area contributed by atoms with Crippen LogP contribution in [0.2, 0.25) is 0 Å². The summed E-state index contributed by atoms with van der Waals surface area (Å²) in [7, 11) is 0. The molecule has 0 bridgehead atoms. The molecule has 2 saturated heterocycles. The predicted molar refractivity (Wildman–Crippen MR) is 116 cm³/mol. The topological polar surface area (TPSA) is 76.8 Å². The molecule has 192 valence electrons. The summed E-state index contributed by atoms with van der Waals surface area (Å²) in [5.41, 5.74) is 0.335. The molecule has 4 unspecified atom stereocenters. The summed E-state index contributed by atoms with van der Waals surface area (Å²) in [6.45, 7) is 1.49. The Balaban J connectivity index is 1.20. The fourth-order valence-corrected chi connectivity index (χ4v) is 5.26. The molecular formula is C24H22F5N3O4. The van der Waals surface area contributed by atoms with Gasteiger partial charge >= 0.3 is 6.18 Å². The molecule has 36 heavy (non-hydrogen) atoms. The van der Waals surface area contributed by atoms with Crippen molar-refractivity contribution in [3.8, 4) is 5.75 Å². The van der Waals surface area contributed by atoms with E-state index in [-0.39, 0.29) is 29.8 Å². The first-order valence-electron chi connectivity index (χ1n) is 11.7. The van der Waals surface area contributed by atoms with Gasteiger partial charge in [-0.05, 0) is 12.8 Å². The van der Waals surface area contributed by atoms with Crippen molar-refractivity contribution in [1.29, 1.82) is 0 Å². The van der Waals surface area contributed by atoms with Crippen LogP contribution in [0, 0.1) is 23.5 Å². The molecule has 0 spiro atoms. The number of fused-ring (bicyclic) bond motifs is 2. The first-order valence-corrected chi connectivity index (χ1v) is 11.7. The van der Waals surface area contributed by atoms with Crippen LogP contribution in [0.4, 0.5) is 33.7 Å². The van der Waals surface area contributed by atoms with Crippen LogP contribution in [0.1, 0.15) is 35.5 Å². The van der Waals surface area contributed by atoms with E-state index in [1.165, 1.54) is 5.57 Å². The number of halogens is 5. The van der Waals surface area contributed by atoms with E-state index in [4.69, 9.17) is 13.9 Å². The van der Waals surface area contributed by atoms with Crippen molar-refractivity contribution in [2.24, 2.45) is 11.8 Å². The maximum Gasteiger partial charge on any atom is 0.396 e. The first-order chi connectivity index (χ1) is 17.1. The van der Waals surface area contributed by atoms with Crippen molar-refractivity contribution < 1.29 is 40.6 Å². The van der Waals surface area contributed by atoms with E-state index in [0.717, 1.165) is 18.6 Å². The van der Waals surface area contributed by atoms with E-state index in [0.29, 0.717) is 38.5 Å². The van der Waals surface area contributed by atoms with E-state index in [1.807, 2.05) is 0 Å². The van der Waals surface area contributed by atoms with Gasteiger partial charge in [0.15, 0.2) is 23.1 Å². The lowest BCUT2D eigenvalue weighted by Gasteiger charge is -2.16. The van der Waals surface area contributed by atoms with Crippen LogP contribution in [0.25, 0.3) is 0 Å². The predicted octanol–water partition coefficient (Wildman–Crippen LogP) is 4.63. The van der Waals surface area contributed by atoms with Crippen LogP contribution in [0.15, 0.2) is 28.2 Å². The maximum atomic E-state index is 14.6. The zero-order valence-corrected chi connectivity index (χ0v) is 18.9. The standard InChI is InChI=1S/C24H22F5N3O4/c25-16-6-14(7-17(26)21(16)35-15-4-12-3-13(12)5-15)30-22(33)20-18(8-24(27,28)29)36-23(31-20)32-9-11-1-2-34-19(11)10-32/h3,6-7,11-12,15,19H,1-2,4-5,8-10H2,(H,30,33). The second kappa shape index (κ2) is 8.46. The molecule has 3 fully saturated rings. The number of carbonyl (C=O) groups is 1. The highest BCUT2D eigenvalue weighted by Crippen LogP contribution is 2.46. The summed E-state index contributed by atoms with van der Waals surface area (Å²) < 4.78 is 85.1. The van der Waals surface area contributed by atoms with Crippen molar-refractivity contribution in [2.75, 3.05) is 29.9 Å². The third-order valence-corrected chi connectivity index (χ3v) is 7.04. The van der Waals surface area contributed by atoms with Crippen molar-refractivity contribution in [3.05, 3.63) is 46.9 Å². The molecular weight excluding hydrogens is 489 g/mol. The molecule has 6 rings (SSSR count). The largest absolute Gasteiger partial charge is 0.484 e. The maximum absolute atomic E-state index is 14.6. The Hall–Kier alpha value is -3.15. The zero-order valence-electron chi connectivity index (χ0n) is 18.9. The molecule has 4 aliphatic rings. The third kappa shape index (κ3) is 4.54. The summed E-state index contributed by atoms with van der Waals surface area (Å²) in [5, 5.41) is 2.23. The molecule has 1 aromatic heterocycles. The molecule has 7 nitrogen and oxygen atoms in total. The van der Waals surface area contributed by atoms with Gasteiger partial charge in [0.05, 0.1) is 6.10 Å². The fraction of sp³-hybridized carbons (Fsp3) is 0.500. The second-order valence-corrected chi connectivity index (χ2v) is 9.67. The summed E-state index contributed by atoms with van der Waals surface area (Å²) in [5.74, 6) is -3.80. The Labute approximate surface area is 202 Å². The average Bonchev–Trinajstić information content (AvgIpc) is 3.22. The zero-order chi connectivity index (χ0) is 25.2. The van der Waals surface area contributed by atoms with Gasteiger partial charge in [-0.3, -0.25) is 4.79 Å². The van der Waals surface area contributed by atoms with Crippen molar-refractivity contribution >= 4 is 17.6 Å². The molecule has 1 aromatic carbocycles. The van der Waals surface area contributed by atoms with E-state index >= 15 is 0 Å². The van der Waals surface area contributed by atoms with Crippen molar-refractivity contribution in [3.63, 3.8) is 0 Å². The van der Waals surface area contributed by atoms with Crippen molar-refractivity contribution in [2.45, 2.75) is 44.1 Å². The van der Waals surface area contributed by atoms with Gasteiger partial charge in [0.2, 0.25) is 0 Å². The minimum atomic E-state index is -4.66. The number of hydrogen-bond acceptors (Lipinski definition) is 6. The highest BCUT2D eigenvalue weighted by atomic mass is 19.4. The monoisotopic (exact) mass is 511 g/mol. The Morgan fingerprint density at radius 2 is 2.00 bits per heavy atom. The van der Waals surface area contributed by atoms with E-state index < -0.39 is 47.3 Å². The molecule has 2 aliphatic carbocycles. The normalized spacial score (nSPS) is 26.6. The number of alkyl halides is 3. The van der Waals surface area contributed by atoms with Crippen LogP contribution in [-0.2, 0) is 11.2 Å². The molecule has 1 N–H and O–H groups in total. The van der Waals surface area contributed by atoms with E-state index in [1.54, 1.807) is 4.90 Å². The van der Waals surface area contributed by atoms with Crippen LogP contribution in [0.5, 0.6) is 5.75 Å². The minimum absolute atomic E-state index is 0.0707. The molecule has 4 atom stereocenters. The number of carbonyl (C=O) groups excluding carboxylic acids is 1. The molecule has 1 saturated carbocycles. The van der Waals surface area contributed by atoms with Gasteiger partial charge < -0.3 is 24.1 Å². The fourth-order valence-electron chi connectivity index (χ4n) is 5.26. The van der Waals surface area contributed by atoms with Gasteiger partial charge in [-0.25, -0.2) is 8.78 Å². The lowest BCUT2D eigenvalue weighted by atomic mass is 10.1. The van der Waals surface area contributed by atoms with Gasteiger partial charge in [0.25, 0.3) is 11.9 Å². The smallest absolute Gasteiger partial charge is 0.396 e.